The van der Waals surface area contributed by atoms with Crippen molar-refractivity contribution < 1.29 is 5.11 Å². The summed E-state index contributed by atoms with van der Waals surface area (Å²) in [5, 5.41) is 9.78. The molecule has 1 atom stereocenters. The Morgan fingerprint density at radius 3 is 2.40 bits per heavy atom. The van der Waals surface area contributed by atoms with E-state index in [4.69, 9.17) is 11.5 Å². The lowest BCUT2D eigenvalue weighted by Gasteiger charge is -2.22. The number of hydrogen-bond acceptors (Lipinski definition) is 3. The molecule has 0 bridgehead atoms. The molecular weight excluding hydrogens is 188 g/mol. The maximum Gasteiger partial charge on any atom is 0.138 e. The van der Waals surface area contributed by atoms with Crippen LogP contribution in [0.15, 0.2) is 35.6 Å². The third-order valence-corrected chi connectivity index (χ3v) is 2.10. The summed E-state index contributed by atoms with van der Waals surface area (Å²) in [7, 11) is 0. The standard InChI is InChI=1S/C12H22N2O/c1-5-7-11(13)10(12(4,14)15)8-9(3)6-2/h6,8,15H,2,5,7,13-14H2,1,3-4H3/b9-8-,11-10+. The predicted octanol–water partition coefficient (Wildman–Crippen LogP) is 1.80. The van der Waals surface area contributed by atoms with Gasteiger partial charge in [-0.2, -0.15) is 0 Å². The van der Waals surface area contributed by atoms with Gasteiger partial charge in [0.2, 0.25) is 0 Å². The Morgan fingerprint density at radius 2 is 2.07 bits per heavy atom. The summed E-state index contributed by atoms with van der Waals surface area (Å²) in [6.45, 7) is 9.09. The van der Waals surface area contributed by atoms with Crippen LogP contribution in [0.2, 0.25) is 0 Å². The molecule has 3 heteroatoms. The average Bonchev–Trinajstić information content (AvgIpc) is 2.12. The van der Waals surface area contributed by atoms with Gasteiger partial charge in [-0.15, -0.1) is 0 Å². The molecule has 1 unspecified atom stereocenters. The molecule has 0 saturated carbocycles. The van der Waals surface area contributed by atoms with E-state index in [2.05, 4.69) is 6.58 Å². The Hall–Kier alpha value is -1.06. The van der Waals surface area contributed by atoms with Crippen LogP contribution in [0.5, 0.6) is 0 Å². The molecule has 3 nitrogen and oxygen atoms in total. The smallest absolute Gasteiger partial charge is 0.138 e. The molecule has 0 aromatic carbocycles. The summed E-state index contributed by atoms with van der Waals surface area (Å²) in [5.74, 6) is 0. The minimum atomic E-state index is -1.40. The topological polar surface area (TPSA) is 72.3 Å². The molecule has 15 heavy (non-hydrogen) atoms. The Balaban J connectivity index is 5.25. The van der Waals surface area contributed by atoms with Crippen LogP contribution in [0.25, 0.3) is 0 Å². The summed E-state index contributed by atoms with van der Waals surface area (Å²) in [6, 6.07) is 0. The van der Waals surface area contributed by atoms with Gasteiger partial charge < -0.3 is 10.8 Å². The van der Waals surface area contributed by atoms with Gasteiger partial charge in [0.15, 0.2) is 0 Å². The predicted molar refractivity (Wildman–Crippen MR) is 64.9 cm³/mol. The van der Waals surface area contributed by atoms with Crippen molar-refractivity contribution in [3.8, 4) is 0 Å². The molecule has 5 N–H and O–H groups in total. The van der Waals surface area contributed by atoms with Gasteiger partial charge in [0.05, 0.1) is 0 Å². The van der Waals surface area contributed by atoms with E-state index in [1.165, 1.54) is 6.92 Å². The first-order valence-corrected chi connectivity index (χ1v) is 5.14. The molecule has 0 fully saturated rings. The maximum absolute atomic E-state index is 9.78. The summed E-state index contributed by atoms with van der Waals surface area (Å²) in [6.07, 6.45) is 5.12. The van der Waals surface area contributed by atoms with Gasteiger partial charge in [-0.3, -0.25) is 5.73 Å². The molecule has 0 aromatic rings. The van der Waals surface area contributed by atoms with E-state index in [0.29, 0.717) is 11.3 Å². The molecule has 0 saturated heterocycles. The number of hydrogen-bond donors (Lipinski definition) is 3. The summed E-state index contributed by atoms with van der Waals surface area (Å²) in [5.41, 5.74) is 12.3. The minimum absolute atomic E-state index is 0.571. The lowest BCUT2D eigenvalue weighted by molar-refractivity contribution is 0.109. The van der Waals surface area contributed by atoms with Gasteiger partial charge >= 0.3 is 0 Å². The van der Waals surface area contributed by atoms with Crippen molar-refractivity contribution in [2.45, 2.75) is 39.3 Å². The first-order valence-electron chi connectivity index (χ1n) is 5.14. The quantitative estimate of drug-likeness (QED) is 0.478. The molecule has 0 heterocycles. The Kier molecular flexibility index (Phi) is 5.33. The third-order valence-electron chi connectivity index (χ3n) is 2.10. The molecule has 0 amide bonds. The van der Waals surface area contributed by atoms with Crippen LogP contribution < -0.4 is 11.5 Å². The fourth-order valence-electron chi connectivity index (χ4n) is 1.25. The van der Waals surface area contributed by atoms with E-state index in [9.17, 15) is 5.11 Å². The maximum atomic E-state index is 9.78. The summed E-state index contributed by atoms with van der Waals surface area (Å²) < 4.78 is 0. The highest BCUT2D eigenvalue weighted by atomic mass is 16.3. The molecule has 0 aliphatic rings. The number of rotatable bonds is 5. The molecule has 0 rings (SSSR count). The van der Waals surface area contributed by atoms with Crippen LogP contribution in [0.3, 0.4) is 0 Å². The highest BCUT2D eigenvalue weighted by Gasteiger charge is 2.20. The summed E-state index contributed by atoms with van der Waals surface area (Å²) >= 11 is 0. The largest absolute Gasteiger partial charge is 0.402 e. The zero-order chi connectivity index (χ0) is 12.1. The molecule has 0 radical (unpaired) electrons. The molecular formula is C12H22N2O. The van der Waals surface area contributed by atoms with Crippen LogP contribution >= 0.6 is 0 Å². The average molecular weight is 210 g/mol. The van der Waals surface area contributed by atoms with Crippen molar-refractivity contribution in [1.29, 1.82) is 0 Å². The Morgan fingerprint density at radius 1 is 1.53 bits per heavy atom. The number of allylic oxidation sites excluding steroid dienone is 3. The first-order chi connectivity index (χ1) is 6.82. The molecule has 0 aromatic heterocycles. The van der Waals surface area contributed by atoms with E-state index in [1.807, 2.05) is 13.8 Å². The molecule has 0 aliphatic carbocycles. The molecule has 0 spiro atoms. The minimum Gasteiger partial charge on any atom is -0.402 e. The van der Waals surface area contributed by atoms with E-state index >= 15 is 0 Å². The van der Waals surface area contributed by atoms with Crippen molar-refractivity contribution in [3.63, 3.8) is 0 Å². The van der Waals surface area contributed by atoms with Crippen molar-refractivity contribution in [2.75, 3.05) is 0 Å². The van der Waals surface area contributed by atoms with Gasteiger partial charge in [0.25, 0.3) is 0 Å². The van der Waals surface area contributed by atoms with Crippen LogP contribution in [0.1, 0.15) is 33.6 Å². The van der Waals surface area contributed by atoms with Gasteiger partial charge in [0, 0.05) is 11.3 Å². The van der Waals surface area contributed by atoms with Gasteiger partial charge in [-0.25, -0.2) is 0 Å². The summed E-state index contributed by atoms with van der Waals surface area (Å²) in [4.78, 5) is 0. The molecule has 0 aliphatic heterocycles. The number of nitrogens with two attached hydrogens (primary N) is 2. The fourth-order valence-corrected chi connectivity index (χ4v) is 1.25. The van der Waals surface area contributed by atoms with Crippen molar-refractivity contribution in [2.24, 2.45) is 11.5 Å². The van der Waals surface area contributed by atoms with Crippen LogP contribution in [0.4, 0.5) is 0 Å². The normalized spacial score (nSPS) is 18.1. The lowest BCUT2D eigenvalue weighted by atomic mass is 9.98. The zero-order valence-electron chi connectivity index (χ0n) is 9.88. The van der Waals surface area contributed by atoms with E-state index in [-0.39, 0.29) is 0 Å². The highest BCUT2D eigenvalue weighted by Crippen LogP contribution is 2.19. The second-order valence-electron chi connectivity index (χ2n) is 3.93. The first kappa shape index (κ1) is 13.9. The van der Waals surface area contributed by atoms with Crippen molar-refractivity contribution >= 4 is 0 Å². The van der Waals surface area contributed by atoms with E-state index < -0.39 is 5.72 Å². The number of aliphatic hydroxyl groups is 1. The Bertz CT molecular complexity index is 282. The fraction of sp³-hybridized carbons (Fsp3) is 0.500. The van der Waals surface area contributed by atoms with Gasteiger partial charge in [0.1, 0.15) is 5.72 Å². The Labute approximate surface area is 92.2 Å². The highest BCUT2D eigenvalue weighted by molar-refractivity contribution is 5.36. The monoisotopic (exact) mass is 210 g/mol. The second-order valence-corrected chi connectivity index (χ2v) is 3.93. The van der Waals surface area contributed by atoms with Crippen LogP contribution in [-0.2, 0) is 0 Å². The van der Waals surface area contributed by atoms with E-state index in [1.54, 1.807) is 12.2 Å². The van der Waals surface area contributed by atoms with Crippen LogP contribution in [0, 0.1) is 0 Å². The van der Waals surface area contributed by atoms with Crippen molar-refractivity contribution in [1.82, 2.24) is 0 Å². The molecule has 86 valence electrons. The third kappa shape index (κ3) is 4.81. The SMILES string of the molecule is C=C/C(C)=C\C(=C(/N)CCC)C(C)(N)O. The van der Waals surface area contributed by atoms with Gasteiger partial charge in [-0.1, -0.05) is 37.6 Å². The second kappa shape index (κ2) is 5.73. The van der Waals surface area contributed by atoms with Crippen LogP contribution in [-0.4, -0.2) is 10.8 Å². The zero-order valence-corrected chi connectivity index (χ0v) is 9.88. The van der Waals surface area contributed by atoms with Crippen molar-refractivity contribution in [3.05, 3.63) is 35.6 Å². The van der Waals surface area contributed by atoms with E-state index in [0.717, 1.165) is 18.4 Å². The van der Waals surface area contributed by atoms with Gasteiger partial charge in [-0.05, 0) is 20.3 Å². The lowest BCUT2D eigenvalue weighted by Crippen LogP contribution is -2.39.